The van der Waals surface area contributed by atoms with Crippen LogP contribution in [-0.4, -0.2) is 20.1 Å². The maximum absolute atomic E-state index is 2.64. The standard InChI is InChI=1S/C14H33PSi/c1-8-10-12-15(13-11-9-2)16(6,7)14(3,4)5/h8-13H2,1-7H3. The van der Waals surface area contributed by atoms with E-state index in [9.17, 15) is 0 Å². The van der Waals surface area contributed by atoms with Crippen molar-refractivity contribution in [3.8, 4) is 0 Å². The molecule has 0 fully saturated rings. The van der Waals surface area contributed by atoms with Gasteiger partial charge in [0.1, 0.15) is 0 Å². The van der Waals surface area contributed by atoms with E-state index in [-0.39, 0.29) is 0 Å². The Morgan fingerprint density at radius 2 is 1.25 bits per heavy atom. The van der Waals surface area contributed by atoms with Gasteiger partial charge in [-0.05, 0) is 30.2 Å². The van der Waals surface area contributed by atoms with Crippen LogP contribution in [0.2, 0.25) is 18.1 Å². The van der Waals surface area contributed by atoms with Crippen LogP contribution in [-0.2, 0) is 0 Å². The summed E-state index contributed by atoms with van der Waals surface area (Å²) in [6, 6.07) is 0. The topological polar surface area (TPSA) is 0 Å². The quantitative estimate of drug-likeness (QED) is 0.385. The first-order valence-electron chi connectivity index (χ1n) is 7.02. The fourth-order valence-electron chi connectivity index (χ4n) is 1.84. The van der Waals surface area contributed by atoms with Crippen molar-refractivity contribution in [2.24, 2.45) is 0 Å². The molecule has 0 unspecified atom stereocenters. The fourth-order valence-corrected chi connectivity index (χ4v) is 12.7. The molecule has 2 heteroatoms. The lowest BCUT2D eigenvalue weighted by Crippen LogP contribution is -2.37. The van der Waals surface area contributed by atoms with Crippen molar-refractivity contribution in [2.75, 3.05) is 12.3 Å². The maximum Gasteiger partial charge on any atom is 0.0803 e. The molecule has 98 valence electrons. The summed E-state index contributed by atoms with van der Waals surface area (Å²) in [4.78, 5) is 0. The Morgan fingerprint density at radius 1 is 0.875 bits per heavy atom. The molecule has 0 aliphatic carbocycles. The lowest BCUT2D eigenvalue weighted by atomic mass is 10.2. The maximum atomic E-state index is 2.64. The molecule has 0 aliphatic rings. The van der Waals surface area contributed by atoms with E-state index in [0.717, 1.165) is 0 Å². The Hall–Kier alpha value is 0.647. The van der Waals surface area contributed by atoms with Crippen LogP contribution in [0.1, 0.15) is 60.3 Å². The summed E-state index contributed by atoms with van der Waals surface area (Å²) in [6.45, 7) is 17.4. The zero-order valence-electron chi connectivity index (χ0n) is 12.7. The van der Waals surface area contributed by atoms with Gasteiger partial charge in [0, 0.05) is 0 Å². The van der Waals surface area contributed by atoms with Crippen LogP contribution >= 0.6 is 7.47 Å². The van der Waals surface area contributed by atoms with Crippen LogP contribution in [0.4, 0.5) is 0 Å². The van der Waals surface area contributed by atoms with Crippen molar-refractivity contribution >= 4 is 15.2 Å². The highest BCUT2D eigenvalue weighted by atomic mass is 31.4. The number of unbranched alkanes of at least 4 members (excludes halogenated alkanes) is 2. The first-order chi connectivity index (χ1) is 7.27. The summed E-state index contributed by atoms with van der Waals surface area (Å²) in [7, 11) is -0.709. The van der Waals surface area contributed by atoms with Gasteiger partial charge >= 0.3 is 0 Å². The van der Waals surface area contributed by atoms with Gasteiger partial charge in [0.15, 0.2) is 0 Å². The molecular weight excluding hydrogens is 227 g/mol. The van der Waals surface area contributed by atoms with Gasteiger partial charge in [0.2, 0.25) is 0 Å². The molecule has 0 heterocycles. The van der Waals surface area contributed by atoms with Crippen LogP contribution < -0.4 is 0 Å². The Labute approximate surface area is 106 Å². The third-order valence-corrected chi connectivity index (χ3v) is 19.3. The van der Waals surface area contributed by atoms with Gasteiger partial charge in [-0.2, -0.15) is 0 Å². The third kappa shape index (κ3) is 4.88. The van der Waals surface area contributed by atoms with E-state index in [4.69, 9.17) is 0 Å². The van der Waals surface area contributed by atoms with Crippen molar-refractivity contribution < 1.29 is 0 Å². The number of rotatable bonds is 7. The average molecular weight is 260 g/mol. The van der Waals surface area contributed by atoms with Gasteiger partial charge in [0.25, 0.3) is 0 Å². The molecule has 0 rings (SSSR count). The molecule has 0 saturated heterocycles. The SMILES string of the molecule is CCCCP(CCCC)[Si](C)(C)C(C)(C)C. The predicted molar refractivity (Wildman–Crippen MR) is 83.7 cm³/mol. The summed E-state index contributed by atoms with van der Waals surface area (Å²) >= 11 is 0. The molecule has 16 heavy (non-hydrogen) atoms. The smallest absolute Gasteiger partial charge is 0.0803 e. The second-order valence-corrected chi connectivity index (χ2v) is 18.3. The van der Waals surface area contributed by atoms with Gasteiger partial charge in [-0.25, -0.2) is 0 Å². The summed E-state index contributed by atoms with van der Waals surface area (Å²) in [5, 5.41) is 0.584. The molecular formula is C14H33PSi. The molecule has 0 aromatic rings. The van der Waals surface area contributed by atoms with Gasteiger partial charge in [-0.3, -0.25) is 0 Å². The molecule has 0 aromatic carbocycles. The average Bonchev–Trinajstić information content (AvgIpc) is 2.16. The molecule has 0 amide bonds. The lowest BCUT2D eigenvalue weighted by Gasteiger charge is -2.44. The highest BCUT2D eigenvalue weighted by Gasteiger charge is 2.40. The summed E-state index contributed by atoms with van der Waals surface area (Å²) < 4.78 is 0. The third-order valence-electron chi connectivity index (χ3n) is 4.19. The molecule has 0 saturated carbocycles. The minimum Gasteiger partial charge on any atom is -0.118 e. The van der Waals surface area contributed by atoms with Crippen LogP contribution in [0.5, 0.6) is 0 Å². The zero-order valence-corrected chi connectivity index (χ0v) is 14.6. The summed E-state index contributed by atoms with van der Waals surface area (Å²) in [6.07, 6.45) is 8.76. The van der Waals surface area contributed by atoms with Gasteiger partial charge in [0.05, 0.1) is 7.74 Å². The normalized spacial score (nSPS) is 13.5. The van der Waals surface area contributed by atoms with E-state index < -0.39 is 7.74 Å². The first kappa shape index (κ1) is 16.6. The minimum absolute atomic E-state index is 0.335. The largest absolute Gasteiger partial charge is 0.118 e. The van der Waals surface area contributed by atoms with Crippen LogP contribution in [0, 0.1) is 0 Å². The Balaban J connectivity index is 4.58. The number of hydrogen-bond donors (Lipinski definition) is 0. The Bertz CT molecular complexity index is 174. The van der Waals surface area contributed by atoms with Crippen LogP contribution in [0.15, 0.2) is 0 Å². The van der Waals surface area contributed by atoms with Crippen molar-refractivity contribution in [1.29, 1.82) is 0 Å². The molecule has 0 nitrogen and oxygen atoms in total. The van der Waals surface area contributed by atoms with Crippen molar-refractivity contribution in [2.45, 2.75) is 78.4 Å². The van der Waals surface area contributed by atoms with E-state index in [1.807, 2.05) is 0 Å². The zero-order chi connectivity index (χ0) is 12.8. The Kier molecular flexibility index (Phi) is 7.45. The Morgan fingerprint density at radius 3 is 1.50 bits per heavy atom. The predicted octanol–water partition coefficient (Wildman–Crippen LogP) is 6.07. The van der Waals surface area contributed by atoms with E-state index in [2.05, 4.69) is 47.7 Å². The first-order valence-corrected chi connectivity index (χ1v) is 12.6. The van der Waals surface area contributed by atoms with Gasteiger partial charge in [-0.1, -0.05) is 60.6 Å². The van der Waals surface area contributed by atoms with Crippen molar-refractivity contribution in [3.63, 3.8) is 0 Å². The summed E-state index contributed by atoms with van der Waals surface area (Å²) in [5.74, 6) is 0. The van der Waals surface area contributed by atoms with E-state index in [1.54, 1.807) is 12.3 Å². The second-order valence-electron chi connectivity index (χ2n) is 6.50. The molecule has 0 aromatic heterocycles. The lowest BCUT2D eigenvalue weighted by molar-refractivity contribution is 0.734. The highest BCUT2D eigenvalue weighted by Crippen LogP contribution is 2.58. The van der Waals surface area contributed by atoms with Crippen molar-refractivity contribution in [1.82, 2.24) is 0 Å². The highest BCUT2D eigenvalue weighted by molar-refractivity contribution is 7.95. The minimum atomic E-state index is -1.04. The van der Waals surface area contributed by atoms with E-state index in [1.165, 1.54) is 25.7 Å². The molecule has 0 spiro atoms. The molecule has 0 N–H and O–H groups in total. The van der Waals surface area contributed by atoms with Gasteiger partial charge < -0.3 is 0 Å². The van der Waals surface area contributed by atoms with E-state index >= 15 is 0 Å². The monoisotopic (exact) mass is 260 g/mol. The fraction of sp³-hybridized carbons (Fsp3) is 1.00. The van der Waals surface area contributed by atoms with E-state index in [0.29, 0.717) is 12.5 Å². The molecule has 0 aliphatic heterocycles. The molecule has 0 bridgehead atoms. The van der Waals surface area contributed by atoms with Crippen molar-refractivity contribution in [3.05, 3.63) is 0 Å². The van der Waals surface area contributed by atoms with Crippen LogP contribution in [0.3, 0.4) is 0 Å². The number of hydrogen-bond acceptors (Lipinski definition) is 0. The summed E-state index contributed by atoms with van der Waals surface area (Å²) in [5.41, 5.74) is 0. The molecule has 0 radical (unpaired) electrons. The molecule has 0 atom stereocenters. The van der Waals surface area contributed by atoms with Gasteiger partial charge in [-0.15, -0.1) is 7.47 Å². The second kappa shape index (κ2) is 7.16. The van der Waals surface area contributed by atoms with Crippen LogP contribution in [0.25, 0.3) is 0 Å².